The first-order chi connectivity index (χ1) is 10.0. The highest BCUT2D eigenvalue weighted by atomic mass is 19.1. The van der Waals surface area contributed by atoms with E-state index in [2.05, 4.69) is 0 Å². The van der Waals surface area contributed by atoms with E-state index in [9.17, 15) is 14.5 Å². The number of halogens is 1. The van der Waals surface area contributed by atoms with E-state index in [0.717, 1.165) is 0 Å². The number of nitrogens with zero attached hydrogens (tertiary/aromatic N) is 1. The van der Waals surface area contributed by atoms with Gasteiger partial charge in [-0.25, -0.2) is 4.39 Å². The molecule has 0 aliphatic heterocycles. The zero-order chi connectivity index (χ0) is 15.4. The van der Waals surface area contributed by atoms with Gasteiger partial charge in [-0.05, 0) is 30.2 Å². The molecule has 0 spiro atoms. The monoisotopic (exact) mass is 291 g/mol. The molecule has 0 saturated carbocycles. The predicted molar refractivity (Wildman–Crippen MR) is 75.1 cm³/mol. The van der Waals surface area contributed by atoms with E-state index in [0.29, 0.717) is 16.9 Å². The van der Waals surface area contributed by atoms with Crippen LogP contribution in [0, 0.1) is 22.9 Å². The van der Waals surface area contributed by atoms with Gasteiger partial charge in [-0.1, -0.05) is 12.1 Å². The SMILES string of the molecule is COc1cc(COc2cccc(C)c2F)cc([N+](=O)[O-])c1. The highest BCUT2D eigenvalue weighted by molar-refractivity contribution is 5.43. The maximum atomic E-state index is 13.8. The van der Waals surface area contributed by atoms with Gasteiger partial charge >= 0.3 is 0 Å². The molecule has 0 amide bonds. The largest absolute Gasteiger partial charge is 0.496 e. The number of non-ortho nitro benzene ring substituents is 1. The number of ether oxygens (including phenoxy) is 2. The van der Waals surface area contributed by atoms with Crippen molar-refractivity contribution >= 4 is 5.69 Å². The molecule has 0 aliphatic carbocycles. The van der Waals surface area contributed by atoms with E-state index >= 15 is 0 Å². The quantitative estimate of drug-likeness (QED) is 0.623. The van der Waals surface area contributed by atoms with Crippen LogP contribution in [0.25, 0.3) is 0 Å². The molecular weight excluding hydrogens is 277 g/mol. The first kappa shape index (κ1) is 14.8. The van der Waals surface area contributed by atoms with Crippen molar-refractivity contribution in [2.45, 2.75) is 13.5 Å². The second kappa shape index (κ2) is 6.21. The average Bonchev–Trinajstić information content (AvgIpc) is 2.48. The lowest BCUT2D eigenvalue weighted by Crippen LogP contribution is -2.00. The Morgan fingerprint density at radius 2 is 2.05 bits per heavy atom. The fourth-order valence-corrected chi connectivity index (χ4v) is 1.84. The minimum absolute atomic E-state index is 0.0123. The maximum Gasteiger partial charge on any atom is 0.273 e. The van der Waals surface area contributed by atoms with Crippen LogP contribution in [0.5, 0.6) is 11.5 Å². The van der Waals surface area contributed by atoms with E-state index in [1.165, 1.54) is 25.3 Å². The van der Waals surface area contributed by atoms with E-state index in [1.54, 1.807) is 25.1 Å². The van der Waals surface area contributed by atoms with Crippen molar-refractivity contribution in [1.29, 1.82) is 0 Å². The predicted octanol–water partition coefficient (Wildman–Crippen LogP) is 3.63. The van der Waals surface area contributed by atoms with Crippen molar-refractivity contribution in [1.82, 2.24) is 0 Å². The molecule has 0 atom stereocenters. The fraction of sp³-hybridized carbons (Fsp3) is 0.200. The summed E-state index contributed by atoms with van der Waals surface area (Å²) in [5, 5.41) is 10.8. The van der Waals surface area contributed by atoms with Crippen molar-refractivity contribution < 1.29 is 18.8 Å². The lowest BCUT2D eigenvalue weighted by atomic mass is 10.2. The van der Waals surface area contributed by atoms with Gasteiger partial charge in [0.25, 0.3) is 5.69 Å². The summed E-state index contributed by atoms with van der Waals surface area (Å²) in [5.74, 6) is 0.0304. The standard InChI is InChI=1S/C15H14FNO4/c1-10-4-3-5-14(15(10)16)21-9-11-6-12(17(18)19)8-13(7-11)20-2/h3-8H,9H2,1-2H3. The van der Waals surface area contributed by atoms with Crippen molar-refractivity contribution in [2.75, 3.05) is 7.11 Å². The molecule has 110 valence electrons. The Hall–Kier alpha value is -2.63. The maximum absolute atomic E-state index is 13.8. The van der Waals surface area contributed by atoms with Gasteiger partial charge in [0.15, 0.2) is 11.6 Å². The van der Waals surface area contributed by atoms with Crippen LogP contribution < -0.4 is 9.47 Å². The number of nitro groups is 1. The Morgan fingerprint density at radius 3 is 2.71 bits per heavy atom. The van der Waals surface area contributed by atoms with E-state index in [4.69, 9.17) is 9.47 Å². The van der Waals surface area contributed by atoms with Gasteiger partial charge in [0.1, 0.15) is 12.4 Å². The number of aryl methyl sites for hydroxylation is 1. The van der Waals surface area contributed by atoms with Crippen LogP contribution in [0.15, 0.2) is 36.4 Å². The number of rotatable bonds is 5. The Morgan fingerprint density at radius 1 is 1.29 bits per heavy atom. The highest BCUT2D eigenvalue weighted by Gasteiger charge is 2.12. The summed E-state index contributed by atoms with van der Waals surface area (Å²) in [5.41, 5.74) is 0.906. The third-order valence-corrected chi connectivity index (χ3v) is 2.95. The van der Waals surface area contributed by atoms with Crippen molar-refractivity contribution in [3.05, 3.63) is 63.5 Å². The molecular formula is C15H14FNO4. The van der Waals surface area contributed by atoms with Gasteiger partial charge < -0.3 is 9.47 Å². The van der Waals surface area contributed by atoms with Gasteiger partial charge in [0.05, 0.1) is 18.1 Å². The number of nitro benzene ring substituents is 1. The summed E-state index contributed by atoms with van der Waals surface area (Å²) < 4.78 is 24.2. The van der Waals surface area contributed by atoms with Crippen LogP contribution in [0.3, 0.4) is 0 Å². The first-order valence-corrected chi connectivity index (χ1v) is 6.21. The lowest BCUT2D eigenvalue weighted by Gasteiger charge is -2.09. The molecule has 0 aliphatic rings. The van der Waals surface area contributed by atoms with E-state index in [1.807, 2.05) is 0 Å². The second-order valence-corrected chi connectivity index (χ2v) is 4.47. The topological polar surface area (TPSA) is 61.6 Å². The molecule has 2 aromatic rings. The van der Waals surface area contributed by atoms with Gasteiger partial charge in [0, 0.05) is 6.07 Å². The van der Waals surface area contributed by atoms with Crippen LogP contribution in [-0.2, 0) is 6.61 Å². The van der Waals surface area contributed by atoms with Crippen LogP contribution >= 0.6 is 0 Å². The van der Waals surface area contributed by atoms with Crippen LogP contribution in [0.1, 0.15) is 11.1 Å². The molecule has 0 bridgehead atoms. The molecule has 5 nitrogen and oxygen atoms in total. The number of hydrogen-bond donors (Lipinski definition) is 0. The molecule has 0 heterocycles. The highest BCUT2D eigenvalue weighted by Crippen LogP contribution is 2.25. The first-order valence-electron chi connectivity index (χ1n) is 6.21. The average molecular weight is 291 g/mol. The Bertz CT molecular complexity index is 673. The number of methoxy groups -OCH3 is 1. The summed E-state index contributed by atoms with van der Waals surface area (Å²) in [6, 6.07) is 9.13. The van der Waals surface area contributed by atoms with Crippen molar-refractivity contribution in [2.24, 2.45) is 0 Å². The molecule has 2 rings (SSSR count). The lowest BCUT2D eigenvalue weighted by molar-refractivity contribution is -0.385. The number of benzene rings is 2. The summed E-state index contributed by atoms with van der Waals surface area (Å²) in [6.07, 6.45) is 0. The second-order valence-electron chi connectivity index (χ2n) is 4.47. The molecule has 0 radical (unpaired) electrons. The van der Waals surface area contributed by atoms with Crippen LogP contribution in [0.4, 0.5) is 10.1 Å². The summed E-state index contributed by atoms with van der Waals surface area (Å²) in [4.78, 5) is 10.3. The molecule has 21 heavy (non-hydrogen) atoms. The number of hydrogen-bond acceptors (Lipinski definition) is 4. The summed E-state index contributed by atoms with van der Waals surface area (Å²) in [7, 11) is 1.42. The Balaban J connectivity index is 2.21. The smallest absolute Gasteiger partial charge is 0.273 e. The molecule has 0 saturated heterocycles. The molecule has 6 heteroatoms. The third-order valence-electron chi connectivity index (χ3n) is 2.95. The zero-order valence-electron chi connectivity index (χ0n) is 11.6. The fourth-order valence-electron chi connectivity index (χ4n) is 1.84. The van der Waals surface area contributed by atoms with Gasteiger partial charge in [-0.2, -0.15) is 0 Å². The van der Waals surface area contributed by atoms with E-state index in [-0.39, 0.29) is 18.0 Å². The molecule has 2 aromatic carbocycles. The summed E-state index contributed by atoms with van der Waals surface area (Å²) in [6.45, 7) is 1.65. The van der Waals surface area contributed by atoms with Gasteiger partial charge in [-0.15, -0.1) is 0 Å². The Labute approximate surface area is 121 Å². The van der Waals surface area contributed by atoms with Gasteiger partial charge in [-0.3, -0.25) is 10.1 Å². The minimum atomic E-state index is -0.515. The third kappa shape index (κ3) is 3.47. The molecule has 0 aromatic heterocycles. The van der Waals surface area contributed by atoms with Crippen molar-refractivity contribution in [3.8, 4) is 11.5 Å². The van der Waals surface area contributed by atoms with Crippen LogP contribution in [-0.4, -0.2) is 12.0 Å². The normalized spacial score (nSPS) is 10.2. The van der Waals surface area contributed by atoms with Crippen LogP contribution in [0.2, 0.25) is 0 Å². The molecule has 0 N–H and O–H groups in total. The zero-order valence-corrected chi connectivity index (χ0v) is 11.6. The summed E-state index contributed by atoms with van der Waals surface area (Å²) >= 11 is 0. The van der Waals surface area contributed by atoms with Crippen molar-refractivity contribution in [3.63, 3.8) is 0 Å². The molecule has 0 unspecified atom stereocenters. The minimum Gasteiger partial charge on any atom is -0.496 e. The van der Waals surface area contributed by atoms with Gasteiger partial charge in [0.2, 0.25) is 0 Å². The molecule has 0 fully saturated rings. The Kier molecular flexibility index (Phi) is 4.37. The van der Waals surface area contributed by atoms with E-state index < -0.39 is 10.7 Å².